The molecule has 0 N–H and O–H groups in total. The number of hydrogen-bond acceptors (Lipinski definition) is 5. The van der Waals surface area contributed by atoms with E-state index in [4.69, 9.17) is 0 Å². The summed E-state index contributed by atoms with van der Waals surface area (Å²) in [6, 6.07) is 4.55. The van der Waals surface area contributed by atoms with Crippen LogP contribution < -0.4 is 0 Å². The molecule has 0 amide bonds. The van der Waals surface area contributed by atoms with Crippen molar-refractivity contribution < 1.29 is 23.1 Å². The number of unbranched alkanes of at least 4 members (excludes halogenated alkanes) is 1. The lowest BCUT2D eigenvalue weighted by Gasteiger charge is -2.46. The standard InChI is InChI=1S/C21H27F2N3O2.C4H8O.C2H6/c1-13(26-14(2)19(12-27)18-4-3-9-24-20(18)26)15-5-7-16(8-6-15)25-10-17(11-25)28-21(22)23;1-2-3-4-5;1-2/h3-4,9,12-13,15-17,21H,5-8,10-11H2,1-2H3;4H,2-3H2,1H3;1-2H3/t13-,15?,16?;;/m1../s1. The average molecular weight is 494 g/mol. The number of fused-ring (bicyclic) bond motifs is 1. The lowest BCUT2D eigenvalue weighted by atomic mass is 9.80. The minimum Gasteiger partial charge on any atom is -0.326 e. The molecule has 6 nitrogen and oxygen atoms in total. The fourth-order valence-corrected chi connectivity index (χ4v) is 5.21. The molecule has 1 atom stereocenters. The summed E-state index contributed by atoms with van der Waals surface area (Å²) in [5, 5.41) is 0.918. The number of aromatic nitrogens is 2. The van der Waals surface area contributed by atoms with E-state index in [1.807, 2.05) is 39.8 Å². The Bertz CT molecular complexity index is 920. The van der Waals surface area contributed by atoms with Crippen LogP contribution in [0.5, 0.6) is 0 Å². The SMILES string of the molecule is CC.CCCC=O.Cc1c(C=O)c2cccnc2n1[C@H](C)C1CCC(N2CC(OC(F)F)C2)CC1. The zero-order valence-corrected chi connectivity index (χ0v) is 21.8. The number of carbonyl (C=O) groups excluding carboxylic acids is 2. The maximum absolute atomic E-state index is 12.3. The van der Waals surface area contributed by atoms with Crippen LogP contribution in [0.25, 0.3) is 11.0 Å². The number of likely N-dealkylation sites (tertiary alicyclic amines) is 1. The molecule has 2 fully saturated rings. The highest BCUT2D eigenvalue weighted by Gasteiger charge is 2.37. The highest BCUT2D eigenvalue weighted by molar-refractivity contribution is 5.97. The molecule has 0 aromatic carbocycles. The van der Waals surface area contributed by atoms with Gasteiger partial charge < -0.3 is 14.1 Å². The molecular weight excluding hydrogens is 452 g/mol. The Hall–Kier alpha value is -2.19. The molecule has 0 bridgehead atoms. The lowest BCUT2D eigenvalue weighted by Crippen LogP contribution is -2.57. The van der Waals surface area contributed by atoms with Crippen molar-refractivity contribution in [2.24, 2.45) is 5.92 Å². The summed E-state index contributed by atoms with van der Waals surface area (Å²) in [6.45, 7) is 8.75. The van der Waals surface area contributed by atoms with Crippen molar-refractivity contribution >= 4 is 23.6 Å². The Labute approximate surface area is 208 Å². The molecule has 0 radical (unpaired) electrons. The van der Waals surface area contributed by atoms with E-state index < -0.39 is 6.61 Å². The van der Waals surface area contributed by atoms with Crippen molar-refractivity contribution in [2.75, 3.05) is 13.1 Å². The van der Waals surface area contributed by atoms with Gasteiger partial charge in [0.15, 0.2) is 6.29 Å². The van der Waals surface area contributed by atoms with Crippen molar-refractivity contribution in [3.8, 4) is 0 Å². The number of nitrogens with zero attached hydrogens (tertiary/aromatic N) is 3. The number of carbonyl (C=O) groups is 2. The van der Waals surface area contributed by atoms with Gasteiger partial charge in [0, 0.05) is 54.4 Å². The quantitative estimate of drug-likeness (QED) is 0.409. The summed E-state index contributed by atoms with van der Waals surface area (Å²) in [5.74, 6) is 0.515. The predicted octanol–water partition coefficient (Wildman–Crippen LogP) is 6.21. The molecule has 1 aliphatic carbocycles. The third kappa shape index (κ3) is 7.17. The molecule has 2 aromatic rings. The van der Waals surface area contributed by atoms with Crippen molar-refractivity contribution in [3.63, 3.8) is 0 Å². The Morgan fingerprint density at radius 3 is 2.34 bits per heavy atom. The summed E-state index contributed by atoms with van der Waals surface area (Å²) < 4.78 is 31.4. The smallest absolute Gasteiger partial charge is 0.326 e. The lowest BCUT2D eigenvalue weighted by molar-refractivity contribution is -0.202. The van der Waals surface area contributed by atoms with Crippen molar-refractivity contribution in [1.82, 2.24) is 14.5 Å². The fraction of sp³-hybridized carbons (Fsp3) is 0.667. The Morgan fingerprint density at radius 1 is 1.17 bits per heavy atom. The topological polar surface area (TPSA) is 64.4 Å². The number of ether oxygens (including phenoxy) is 1. The van der Waals surface area contributed by atoms with Crippen LogP contribution in [0.3, 0.4) is 0 Å². The summed E-state index contributed by atoms with van der Waals surface area (Å²) >= 11 is 0. The molecule has 0 spiro atoms. The van der Waals surface area contributed by atoms with Crippen LogP contribution in [0.2, 0.25) is 0 Å². The van der Waals surface area contributed by atoms with Gasteiger partial charge in [0.05, 0.1) is 6.10 Å². The van der Waals surface area contributed by atoms with Crippen LogP contribution in [0, 0.1) is 12.8 Å². The highest BCUT2D eigenvalue weighted by Crippen LogP contribution is 2.39. The monoisotopic (exact) mass is 493 g/mol. The van der Waals surface area contributed by atoms with Crippen molar-refractivity contribution in [1.29, 1.82) is 0 Å². The van der Waals surface area contributed by atoms with E-state index in [-0.39, 0.29) is 12.1 Å². The molecule has 4 rings (SSSR count). The molecular formula is C27H41F2N3O3. The third-order valence-electron chi connectivity index (χ3n) is 7.10. The zero-order chi connectivity index (χ0) is 26.0. The summed E-state index contributed by atoms with van der Waals surface area (Å²) in [5.41, 5.74) is 2.59. The molecule has 1 saturated carbocycles. The first-order valence-corrected chi connectivity index (χ1v) is 12.9. The first-order valence-electron chi connectivity index (χ1n) is 12.9. The Morgan fingerprint density at radius 2 is 1.83 bits per heavy atom. The van der Waals surface area contributed by atoms with Gasteiger partial charge in [-0.05, 0) is 64.0 Å². The molecule has 0 unspecified atom stereocenters. The van der Waals surface area contributed by atoms with Crippen LogP contribution in [-0.4, -0.2) is 58.9 Å². The van der Waals surface area contributed by atoms with E-state index in [0.29, 0.717) is 31.5 Å². The van der Waals surface area contributed by atoms with Gasteiger partial charge >= 0.3 is 6.61 Å². The normalized spacial score (nSPS) is 21.4. The fourth-order valence-electron chi connectivity index (χ4n) is 5.21. The summed E-state index contributed by atoms with van der Waals surface area (Å²) in [7, 11) is 0. The van der Waals surface area contributed by atoms with Crippen LogP contribution in [0.15, 0.2) is 18.3 Å². The number of halogens is 2. The van der Waals surface area contributed by atoms with Gasteiger partial charge in [-0.2, -0.15) is 8.78 Å². The third-order valence-corrected chi connectivity index (χ3v) is 7.10. The second kappa shape index (κ2) is 14.4. The first-order chi connectivity index (χ1) is 16.9. The molecule has 2 aliphatic rings. The van der Waals surface area contributed by atoms with Gasteiger partial charge in [0.2, 0.25) is 0 Å². The largest absolute Gasteiger partial charge is 0.345 e. The zero-order valence-electron chi connectivity index (χ0n) is 21.8. The second-order valence-corrected chi connectivity index (χ2v) is 9.10. The summed E-state index contributed by atoms with van der Waals surface area (Å²) in [6.07, 6.45) is 9.32. The van der Waals surface area contributed by atoms with Crippen LogP contribution in [0.4, 0.5) is 8.78 Å². The maximum atomic E-state index is 12.3. The van der Waals surface area contributed by atoms with E-state index in [9.17, 15) is 18.4 Å². The second-order valence-electron chi connectivity index (χ2n) is 9.10. The van der Waals surface area contributed by atoms with E-state index in [0.717, 1.165) is 67.0 Å². The molecule has 1 saturated heterocycles. The molecule has 3 heterocycles. The minimum absolute atomic E-state index is 0.262. The molecule has 196 valence electrons. The first kappa shape index (κ1) is 29.0. The Balaban J connectivity index is 0.000000551. The van der Waals surface area contributed by atoms with Gasteiger partial charge in [-0.15, -0.1) is 0 Å². The van der Waals surface area contributed by atoms with Crippen molar-refractivity contribution in [2.45, 2.75) is 97.9 Å². The number of alkyl halides is 2. The van der Waals surface area contributed by atoms with Gasteiger partial charge in [-0.3, -0.25) is 9.69 Å². The van der Waals surface area contributed by atoms with Gasteiger partial charge in [-0.25, -0.2) is 4.98 Å². The Kier molecular flexibility index (Phi) is 11.9. The molecule has 1 aliphatic heterocycles. The van der Waals surface area contributed by atoms with Crippen LogP contribution in [-0.2, 0) is 9.53 Å². The average Bonchev–Trinajstić information content (AvgIpc) is 3.14. The van der Waals surface area contributed by atoms with E-state index >= 15 is 0 Å². The number of rotatable bonds is 8. The highest BCUT2D eigenvalue weighted by atomic mass is 19.3. The van der Waals surface area contributed by atoms with Crippen LogP contribution >= 0.6 is 0 Å². The molecule has 2 aromatic heterocycles. The summed E-state index contributed by atoms with van der Waals surface area (Å²) in [4.78, 5) is 27.8. The van der Waals surface area contributed by atoms with E-state index in [1.54, 1.807) is 6.20 Å². The number of aldehydes is 2. The van der Waals surface area contributed by atoms with Crippen LogP contribution in [0.1, 0.15) is 88.3 Å². The van der Waals surface area contributed by atoms with Gasteiger partial charge in [0.1, 0.15) is 11.9 Å². The number of hydrogen-bond donors (Lipinski definition) is 0. The maximum Gasteiger partial charge on any atom is 0.345 e. The predicted molar refractivity (Wildman–Crippen MR) is 135 cm³/mol. The minimum atomic E-state index is -2.67. The van der Waals surface area contributed by atoms with Gasteiger partial charge in [0.25, 0.3) is 0 Å². The van der Waals surface area contributed by atoms with E-state index in [2.05, 4.69) is 26.1 Å². The van der Waals surface area contributed by atoms with E-state index in [1.165, 1.54) is 0 Å². The van der Waals surface area contributed by atoms with Crippen molar-refractivity contribution in [3.05, 3.63) is 29.6 Å². The van der Waals surface area contributed by atoms with Gasteiger partial charge in [-0.1, -0.05) is 20.8 Å². The number of pyridine rings is 1. The molecule has 35 heavy (non-hydrogen) atoms. The molecule has 8 heteroatoms.